The van der Waals surface area contributed by atoms with Gasteiger partial charge in [0.15, 0.2) is 0 Å². The van der Waals surface area contributed by atoms with Gasteiger partial charge in [0.05, 0.1) is 15.9 Å². The smallest absolute Gasteiger partial charge is 0.270 e. The van der Waals surface area contributed by atoms with Gasteiger partial charge in [0, 0.05) is 31.1 Å². The van der Waals surface area contributed by atoms with Crippen LogP contribution in [0.15, 0.2) is 47.4 Å². The molecular formula is C25H33N3O5S. The Morgan fingerprint density at radius 3 is 2.29 bits per heavy atom. The van der Waals surface area contributed by atoms with Crippen LogP contribution in [-0.2, 0) is 21.2 Å². The summed E-state index contributed by atoms with van der Waals surface area (Å²) in [7, 11) is -3.89. The number of aryl methyl sites for hydroxylation is 2. The first kappa shape index (κ1) is 25.8. The summed E-state index contributed by atoms with van der Waals surface area (Å²) in [6.45, 7) is 8.24. The van der Waals surface area contributed by atoms with E-state index in [1.165, 1.54) is 22.0 Å². The van der Waals surface area contributed by atoms with Crippen LogP contribution >= 0.6 is 0 Å². The number of non-ortho nitro benzene ring substituents is 1. The van der Waals surface area contributed by atoms with Gasteiger partial charge in [-0.1, -0.05) is 51.1 Å². The molecule has 1 unspecified atom stereocenters. The van der Waals surface area contributed by atoms with Crippen molar-refractivity contribution in [3.63, 3.8) is 0 Å². The van der Waals surface area contributed by atoms with Crippen molar-refractivity contribution in [2.45, 2.75) is 57.9 Å². The quantitative estimate of drug-likeness (QED) is 0.439. The predicted octanol–water partition coefficient (Wildman–Crippen LogP) is 4.38. The Balaban J connectivity index is 1.68. The van der Waals surface area contributed by atoms with E-state index >= 15 is 0 Å². The summed E-state index contributed by atoms with van der Waals surface area (Å²) in [6, 6.07) is 12.0. The molecule has 184 valence electrons. The highest BCUT2D eigenvalue weighted by molar-refractivity contribution is 7.89. The van der Waals surface area contributed by atoms with Crippen LogP contribution in [-0.4, -0.2) is 36.6 Å². The summed E-state index contributed by atoms with van der Waals surface area (Å²) >= 11 is 0. The summed E-state index contributed by atoms with van der Waals surface area (Å²) < 4.78 is 27.7. The molecule has 1 saturated heterocycles. The second kappa shape index (κ2) is 10.7. The van der Waals surface area contributed by atoms with Crippen LogP contribution in [0.4, 0.5) is 5.69 Å². The summed E-state index contributed by atoms with van der Waals surface area (Å²) in [5.74, 6) is -0.149. The molecule has 0 aromatic heterocycles. The molecule has 1 amide bonds. The third kappa shape index (κ3) is 5.64. The molecule has 34 heavy (non-hydrogen) atoms. The molecule has 1 aliphatic rings. The summed E-state index contributed by atoms with van der Waals surface area (Å²) in [4.78, 5) is 23.5. The van der Waals surface area contributed by atoms with Crippen LogP contribution in [0.5, 0.6) is 0 Å². The lowest BCUT2D eigenvalue weighted by atomic mass is 9.92. The minimum absolute atomic E-state index is 0.0556. The van der Waals surface area contributed by atoms with Gasteiger partial charge < -0.3 is 5.32 Å². The molecule has 1 fully saturated rings. The number of sulfonamides is 1. The molecule has 2 aromatic rings. The fourth-order valence-corrected chi connectivity index (χ4v) is 6.06. The number of nitro benzene ring substituents is 1. The van der Waals surface area contributed by atoms with Crippen molar-refractivity contribution in [1.82, 2.24) is 9.62 Å². The third-order valence-corrected chi connectivity index (χ3v) is 8.58. The minimum atomic E-state index is -3.89. The van der Waals surface area contributed by atoms with Crippen molar-refractivity contribution in [3.05, 3.63) is 69.3 Å². The number of benzene rings is 2. The van der Waals surface area contributed by atoms with E-state index in [2.05, 4.69) is 50.4 Å². The lowest BCUT2D eigenvalue weighted by molar-refractivity contribution is -0.385. The van der Waals surface area contributed by atoms with Crippen LogP contribution in [0.2, 0.25) is 0 Å². The molecule has 1 aliphatic heterocycles. The molecule has 1 N–H and O–H groups in total. The Hall–Kier alpha value is -2.78. The first-order chi connectivity index (χ1) is 16.0. The molecular weight excluding hydrogens is 454 g/mol. The maximum Gasteiger partial charge on any atom is 0.270 e. The fourth-order valence-electron chi connectivity index (χ4n) is 4.34. The van der Waals surface area contributed by atoms with E-state index in [1.54, 1.807) is 6.92 Å². The molecule has 0 spiro atoms. The average molecular weight is 488 g/mol. The average Bonchev–Trinajstić information content (AvgIpc) is 2.82. The number of carbonyl (C=O) groups excluding carboxylic acids is 1. The van der Waals surface area contributed by atoms with Gasteiger partial charge in [0.2, 0.25) is 15.9 Å². The highest BCUT2D eigenvalue weighted by atomic mass is 32.2. The molecule has 0 bridgehead atoms. The first-order valence-electron chi connectivity index (χ1n) is 11.7. The van der Waals surface area contributed by atoms with Gasteiger partial charge in [0.25, 0.3) is 5.69 Å². The van der Waals surface area contributed by atoms with E-state index < -0.39 is 14.9 Å². The van der Waals surface area contributed by atoms with Crippen molar-refractivity contribution < 1.29 is 18.1 Å². The third-order valence-electron chi connectivity index (χ3n) is 6.54. The predicted molar refractivity (Wildman–Crippen MR) is 131 cm³/mol. The molecule has 0 aliphatic carbocycles. The van der Waals surface area contributed by atoms with E-state index in [4.69, 9.17) is 0 Å². The first-order valence-corrected chi connectivity index (χ1v) is 13.1. The van der Waals surface area contributed by atoms with Gasteiger partial charge in [-0.25, -0.2) is 8.42 Å². The van der Waals surface area contributed by atoms with Crippen LogP contribution in [0.1, 0.15) is 56.3 Å². The number of nitro groups is 1. The van der Waals surface area contributed by atoms with E-state index in [0.717, 1.165) is 18.1 Å². The molecule has 1 atom stereocenters. The molecule has 0 radical (unpaired) electrons. The zero-order valence-electron chi connectivity index (χ0n) is 20.2. The maximum absolute atomic E-state index is 13.2. The molecule has 2 aromatic carbocycles. The number of carbonyl (C=O) groups is 1. The van der Waals surface area contributed by atoms with Gasteiger partial charge >= 0.3 is 0 Å². The summed E-state index contributed by atoms with van der Waals surface area (Å²) in [6.07, 6.45) is 1.76. The van der Waals surface area contributed by atoms with E-state index in [0.29, 0.717) is 18.4 Å². The van der Waals surface area contributed by atoms with Crippen molar-refractivity contribution in [1.29, 1.82) is 0 Å². The minimum Gasteiger partial charge on any atom is -0.349 e. The zero-order chi connectivity index (χ0) is 25.0. The second-order valence-corrected chi connectivity index (χ2v) is 11.1. The number of hydrogen-bond donors (Lipinski definition) is 1. The topological polar surface area (TPSA) is 110 Å². The SMILES string of the molecule is CCc1ccc(C(NC(=O)C2CCN(S(=O)(=O)c3cc([N+](=O)[O-])ccc3C)CC2)C(C)C)cc1. The largest absolute Gasteiger partial charge is 0.349 e. The summed E-state index contributed by atoms with van der Waals surface area (Å²) in [5, 5.41) is 14.3. The maximum atomic E-state index is 13.2. The Bertz CT molecular complexity index is 1140. The van der Waals surface area contributed by atoms with Crippen LogP contribution in [0.3, 0.4) is 0 Å². The number of piperidine rings is 1. The lowest BCUT2D eigenvalue weighted by Gasteiger charge is -2.32. The van der Waals surface area contributed by atoms with Crippen molar-refractivity contribution in [3.8, 4) is 0 Å². The van der Waals surface area contributed by atoms with Gasteiger partial charge in [0.1, 0.15) is 0 Å². The standard InChI is InChI=1S/C25H33N3O5S/c1-5-19-7-9-20(10-8-19)24(17(2)3)26-25(29)21-12-14-27(15-13-21)34(32,33)23-16-22(28(30)31)11-6-18(23)4/h6-11,16-17,21,24H,5,12-15H2,1-4H3,(H,26,29). The number of amides is 1. The Morgan fingerprint density at radius 1 is 1.15 bits per heavy atom. The zero-order valence-corrected chi connectivity index (χ0v) is 21.0. The van der Waals surface area contributed by atoms with E-state index in [1.807, 2.05) is 0 Å². The van der Waals surface area contributed by atoms with Gasteiger partial charge in [-0.2, -0.15) is 4.31 Å². The molecule has 1 heterocycles. The normalized spacial score (nSPS) is 16.4. The number of hydrogen-bond acceptors (Lipinski definition) is 5. The number of nitrogens with zero attached hydrogens (tertiary/aromatic N) is 2. The van der Waals surface area contributed by atoms with Gasteiger partial charge in [-0.15, -0.1) is 0 Å². The highest BCUT2D eigenvalue weighted by Gasteiger charge is 2.34. The van der Waals surface area contributed by atoms with Crippen molar-refractivity contribution in [2.24, 2.45) is 11.8 Å². The number of nitrogens with one attached hydrogen (secondary N) is 1. The highest BCUT2D eigenvalue weighted by Crippen LogP contribution is 2.29. The Morgan fingerprint density at radius 2 is 1.76 bits per heavy atom. The van der Waals surface area contributed by atoms with Gasteiger partial charge in [-0.05, 0) is 48.8 Å². The van der Waals surface area contributed by atoms with Gasteiger partial charge in [-0.3, -0.25) is 14.9 Å². The Kier molecular flexibility index (Phi) is 8.09. The van der Waals surface area contributed by atoms with E-state index in [-0.39, 0.29) is 47.5 Å². The molecule has 8 nitrogen and oxygen atoms in total. The monoisotopic (exact) mass is 487 g/mol. The molecule has 3 rings (SSSR count). The Labute approximate surface area is 201 Å². The van der Waals surface area contributed by atoms with Crippen LogP contribution in [0.25, 0.3) is 0 Å². The van der Waals surface area contributed by atoms with Crippen molar-refractivity contribution >= 4 is 21.6 Å². The van der Waals surface area contributed by atoms with Crippen molar-refractivity contribution in [2.75, 3.05) is 13.1 Å². The van der Waals surface area contributed by atoms with E-state index in [9.17, 15) is 23.3 Å². The lowest BCUT2D eigenvalue weighted by Crippen LogP contribution is -2.44. The summed E-state index contributed by atoms with van der Waals surface area (Å²) in [5.41, 5.74) is 2.50. The second-order valence-electron chi connectivity index (χ2n) is 9.21. The number of rotatable bonds is 8. The molecule has 0 saturated carbocycles. The van der Waals surface area contributed by atoms with Crippen LogP contribution < -0.4 is 5.32 Å². The molecule has 9 heteroatoms. The van der Waals surface area contributed by atoms with Crippen LogP contribution in [0, 0.1) is 28.9 Å². The fraction of sp³-hybridized carbons (Fsp3) is 0.480.